The fourth-order valence-corrected chi connectivity index (χ4v) is 3.70. The third kappa shape index (κ3) is 35.6. The molecule has 0 saturated carbocycles. The quantitative estimate of drug-likeness (QED) is 0.0726. The van der Waals surface area contributed by atoms with Crippen LogP contribution >= 0.6 is 0 Å². The summed E-state index contributed by atoms with van der Waals surface area (Å²) >= 11 is 0. The second-order valence-electron chi connectivity index (χ2n) is 12.4. The molecule has 58 heavy (non-hydrogen) atoms. The van der Waals surface area contributed by atoms with Crippen LogP contribution in [0.2, 0.25) is 0 Å². The van der Waals surface area contributed by atoms with Gasteiger partial charge in [-0.3, -0.25) is 28.7 Å². The highest BCUT2D eigenvalue weighted by atomic mass is 16.6. The van der Waals surface area contributed by atoms with Crippen molar-refractivity contribution in [2.24, 2.45) is 24.0 Å². The maximum Gasteiger partial charge on any atom is 0.320 e. The zero-order valence-corrected chi connectivity index (χ0v) is 38.5. The molecule has 15 heteroatoms. The molecule has 1 atom stereocenters. The van der Waals surface area contributed by atoms with Crippen molar-refractivity contribution in [1.29, 1.82) is 0 Å². The standard InChI is InChI=1S/C8H14O4.C7H13NO.C7H12O3.C7H8O.C6H10N2.C5H11NO.C3H8O/c1-4-11-7(9)6(3)8(10)12-5-2;1-8-6-4-2-3-5-7(8)9;1-4-10-7(9)5(2)6(3)8;1-8-7-5-3-2-4-6-7;1-5-4-6(2)8(3)7-5;1-4-5(2)6-7-3;1-3-4-2/h6H,4-5H2,1-3H3;2-6H2,1H3;5H,4H2,1-3H3;2-6H,1H3;4H,1-3H3;4H2,1-3H3;3H2,1-2H3/b;;;;;6-5+;/t;;5-;;;;/m..1..../s1. The zero-order chi connectivity index (χ0) is 45.5. The molecule has 0 aliphatic carbocycles. The van der Waals surface area contributed by atoms with Crippen LogP contribution in [0.25, 0.3) is 0 Å². The number of carbonyl (C=O) groups is 5. The van der Waals surface area contributed by atoms with Crippen molar-refractivity contribution >= 4 is 35.3 Å². The maximum absolute atomic E-state index is 10.9. The lowest BCUT2D eigenvalue weighted by molar-refractivity contribution is -0.160. The van der Waals surface area contributed by atoms with E-state index in [0.717, 1.165) is 49.6 Å². The number of esters is 3. The highest BCUT2D eigenvalue weighted by molar-refractivity contribution is 5.97. The summed E-state index contributed by atoms with van der Waals surface area (Å²) in [5.74, 6) is -1.86. The molecule has 0 N–H and O–H groups in total. The summed E-state index contributed by atoms with van der Waals surface area (Å²) in [6.07, 6.45) is 5.21. The number of carbonyl (C=O) groups excluding carboxylic acids is 5. The van der Waals surface area contributed by atoms with Crippen LogP contribution in [0.1, 0.15) is 106 Å². The minimum absolute atomic E-state index is 0.154. The summed E-state index contributed by atoms with van der Waals surface area (Å²) in [4.78, 5) is 60.4. The number of rotatable bonds is 11. The predicted molar refractivity (Wildman–Crippen MR) is 229 cm³/mol. The molecule has 1 aromatic carbocycles. The van der Waals surface area contributed by atoms with Gasteiger partial charge in [0, 0.05) is 46.5 Å². The number of aromatic nitrogens is 2. The minimum Gasteiger partial charge on any atom is -0.497 e. The van der Waals surface area contributed by atoms with E-state index < -0.39 is 29.7 Å². The molecule has 1 amide bonds. The lowest BCUT2D eigenvalue weighted by Crippen LogP contribution is -2.25. The fourth-order valence-electron chi connectivity index (χ4n) is 3.70. The summed E-state index contributed by atoms with van der Waals surface area (Å²) in [7, 11) is 8.73. The Hall–Kier alpha value is -4.79. The first-order valence-electron chi connectivity index (χ1n) is 19.7. The molecule has 15 nitrogen and oxygen atoms in total. The predicted octanol–water partition coefficient (Wildman–Crippen LogP) is 7.35. The van der Waals surface area contributed by atoms with Crippen LogP contribution in [-0.4, -0.2) is 111 Å². The molecule has 1 fully saturated rings. The Kier molecular flexibility index (Phi) is 41.7. The Labute approximate surface area is 349 Å². The molecule has 1 saturated heterocycles. The molecule has 0 radical (unpaired) electrons. The first kappa shape index (κ1) is 59.9. The summed E-state index contributed by atoms with van der Waals surface area (Å²) in [5, 5.41) is 7.79. The molecule has 2 aromatic rings. The van der Waals surface area contributed by atoms with Crippen LogP contribution < -0.4 is 4.74 Å². The average Bonchev–Trinajstić information content (AvgIpc) is 3.38. The van der Waals surface area contributed by atoms with Gasteiger partial charge in [-0.25, -0.2) is 0 Å². The molecule has 1 aliphatic heterocycles. The number of nitrogens with zero attached hydrogens (tertiary/aromatic N) is 4. The van der Waals surface area contributed by atoms with E-state index >= 15 is 0 Å². The number of methoxy groups -OCH3 is 2. The number of ether oxygens (including phenoxy) is 5. The van der Waals surface area contributed by atoms with Gasteiger partial charge in [-0.15, -0.1) is 0 Å². The SMILES string of the molecule is CC/C(C)=N/OC.CCOC.CCOC(=O)C(C)C(=O)OCC.CCOC(=O)[C@H](C)C(C)=O.CN1CCCCCC1=O.COc1ccccc1.Cc1cc(C)n(C)n1. The van der Waals surface area contributed by atoms with Crippen LogP contribution in [0.4, 0.5) is 0 Å². The molecule has 0 unspecified atom stereocenters. The van der Waals surface area contributed by atoms with Crippen molar-refractivity contribution in [2.75, 3.05) is 61.3 Å². The third-order valence-corrected chi connectivity index (χ3v) is 7.60. The second kappa shape index (κ2) is 40.4. The van der Waals surface area contributed by atoms with E-state index in [9.17, 15) is 24.0 Å². The normalized spacial score (nSPS) is 12.0. The van der Waals surface area contributed by atoms with Gasteiger partial charge in [-0.05, 0) is 107 Å². The van der Waals surface area contributed by atoms with Gasteiger partial charge < -0.3 is 33.4 Å². The Morgan fingerprint density at radius 2 is 1.24 bits per heavy atom. The van der Waals surface area contributed by atoms with Crippen molar-refractivity contribution < 1.29 is 52.5 Å². The highest BCUT2D eigenvalue weighted by Crippen LogP contribution is 2.08. The number of oxime groups is 1. The average molecular weight is 825 g/mol. The number of para-hydroxylation sites is 1. The topological polar surface area (TPSA) is 174 Å². The molecule has 0 spiro atoms. The van der Waals surface area contributed by atoms with Gasteiger partial charge >= 0.3 is 17.9 Å². The van der Waals surface area contributed by atoms with Gasteiger partial charge in [-0.2, -0.15) is 5.10 Å². The monoisotopic (exact) mass is 825 g/mol. The van der Waals surface area contributed by atoms with E-state index in [2.05, 4.69) is 40.1 Å². The van der Waals surface area contributed by atoms with Crippen LogP contribution in [-0.2, 0) is 54.8 Å². The van der Waals surface area contributed by atoms with Crippen molar-refractivity contribution in [3.63, 3.8) is 0 Å². The Morgan fingerprint density at radius 1 is 0.759 bits per heavy atom. The number of likely N-dealkylation sites (tertiary alicyclic amines) is 1. The fraction of sp³-hybridized carbons (Fsp3) is 0.651. The molecule has 2 heterocycles. The summed E-state index contributed by atoms with van der Waals surface area (Å²) in [5.41, 5.74) is 3.33. The number of ketones is 1. The highest BCUT2D eigenvalue weighted by Gasteiger charge is 2.23. The largest absolute Gasteiger partial charge is 0.497 e. The molecule has 0 bridgehead atoms. The molecule has 3 rings (SSSR count). The molecule has 1 aliphatic rings. The summed E-state index contributed by atoms with van der Waals surface area (Å²) < 4.78 is 25.2. The number of amides is 1. The number of Topliss-reactive ketones (excluding diaryl/α,β-unsaturated/α-hetero) is 1. The number of hydrogen-bond acceptors (Lipinski definition) is 13. The zero-order valence-electron chi connectivity index (χ0n) is 38.5. The van der Waals surface area contributed by atoms with Crippen LogP contribution in [0.15, 0.2) is 41.6 Å². The molecular formula is C43H76N4O11. The van der Waals surface area contributed by atoms with Gasteiger partial charge in [0.2, 0.25) is 5.91 Å². The van der Waals surface area contributed by atoms with Crippen LogP contribution in [0.5, 0.6) is 5.75 Å². The first-order chi connectivity index (χ1) is 27.4. The van der Waals surface area contributed by atoms with Crippen molar-refractivity contribution in [3.05, 3.63) is 47.8 Å². The van der Waals surface area contributed by atoms with E-state index in [-0.39, 0.29) is 19.0 Å². The van der Waals surface area contributed by atoms with Gasteiger partial charge in [0.15, 0.2) is 5.92 Å². The smallest absolute Gasteiger partial charge is 0.320 e. The van der Waals surface area contributed by atoms with E-state index in [1.165, 1.54) is 32.4 Å². The van der Waals surface area contributed by atoms with E-state index in [1.807, 2.05) is 88.6 Å². The van der Waals surface area contributed by atoms with Gasteiger partial charge in [0.05, 0.1) is 38.3 Å². The van der Waals surface area contributed by atoms with Crippen LogP contribution in [0, 0.1) is 25.7 Å². The summed E-state index contributed by atoms with van der Waals surface area (Å²) in [6, 6.07) is 11.7. The first-order valence-corrected chi connectivity index (χ1v) is 19.7. The molecule has 334 valence electrons. The Bertz CT molecular complexity index is 1340. The van der Waals surface area contributed by atoms with Gasteiger partial charge in [0.25, 0.3) is 0 Å². The van der Waals surface area contributed by atoms with Crippen molar-refractivity contribution in [2.45, 2.75) is 108 Å². The van der Waals surface area contributed by atoms with Gasteiger partial charge in [0.1, 0.15) is 24.6 Å². The second-order valence-corrected chi connectivity index (χ2v) is 12.4. The van der Waals surface area contributed by atoms with Crippen molar-refractivity contribution in [3.8, 4) is 5.75 Å². The molecule has 1 aromatic heterocycles. The Morgan fingerprint density at radius 3 is 1.53 bits per heavy atom. The van der Waals surface area contributed by atoms with Gasteiger partial charge in [-0.1, -0.05) is 36.7 Å². The molecular weight excluding hydrogens is 748 g/mol. The lowest BCUT2D eigenvalue weighted by atomic mass is 10.1. The van der Waals surface area contributed by atoms with Crippen molar-refractivity contribution in [1.82, 2.24) is 14.7 Å². The number of benzene rings is 1. The summed E-state index contributed by atoms with van der Waals surface area (Å²) in [6.45, 7) is 22.1. The van der Waals surface area contributed by atoms with E-state index in [4.69, 9.17) is 4.74 Å². The lowest BCUT2D eigenvalue weighted by Gasteiger charge is -2.11. The number of aryl methyl sites for hydroxylation is 3. The maximum atomic E-state index is 10.9. The van der Waals surface area contributed by atoms with E-state index in [1.54, 1.807) is 49.0 Å². The third-order valence-electron chi connectivity index (χ3n) is 7.60. The Balaban J connectivity index is -0.000000298. The number of hydrogen-bond donors (Lipinski definition) is 0. The van der Waals surface area contributed by atoms with E-state index in [0.29, 0.717) is 12.5 Å². The minimum atomic E-state index is -0.815. The van der Waals surface area contributed by atoms with Crippen LogP contribution in [0.3, 0.4) is 0 Å².